The number of piperidine rings is 1. The molecule has 5 rings (SSSR count). The first-order valence-corrected chi connectivity index (χ1v) is 14.6. The van der Waals surface area contributed by atoms with Gasteiger partial charge in [0.15, 0.2) is 0 Å². The van der Waals surface area contributed by atoms with Crippen LogP contribution in [0.25, 0.3) is 10.7 Å². The van der Waals surface area contributed by atoms with E-state index in [-0.39, 0.29) is 29.8 Å². The van der Waals surface area contributed by atoms with E-state index in [2.05, 4.69) is 47.8 Å². The number of rotatable bonds is 8. The van der Waals surface area contributed by atoms with E-state index in [9.17, 15) is 13.2 Å². The van der Waals surface area contributed by atoms with Crippen LogP contribution in [0.5, 0.6) is 0 Å². The molecule has 0 spiro atoms. The van der Waals surface area contributed by atoms with Gasteiger partial charge in [0, 0.05) is 22.6 Å². The Morgan fingerprint density at radius 3 is 2.69 bits per heavy atom. The summed E-state index contributed by atoms with van der Waals surface area (Å²) in [7, 11) is -3.67. The van der Waals surface area contributed by atoms with Gasteiger partial charge in [0.1, 0.15) is 6.54 Å². The summed E-state index contributed by atoms with van der Waals surface area (Å²) in [6.45, 7) is 1.17. The maximum absolute atomic E-state index is 12.8. The van der Waals surface area contributed by atoms with Crippen LogP contribution in [-0.4, -0.2) is 57.4 Å². The highest BCUT2D eigenvalue weighted by molar-refractivity contribution is 14.1. The second-order valence-electron chi connectivity index (χ2n) is 8.27. The van der Waals surface area contributed by atoms with Crippen molar-refractivity contribution in [2.75, 3.05) is 13.1 Å². The molecule has 4 aromatic rings. The van der Waals surface area contributed by atoms with Gasteiger partial charge >= 0.3 is 0 Å². The standard InChI is InChI=1S/C22H22IN7O4S2/c23-16-3-5-18(6-4-16)36(32,33)24-12-17-13-30(28-26-17)14-20(31)29-9-7-15(8-10-29)22-25-21(27-34-22)19-2-1-11-35-19/h1-6,11,13,15,24H,7-10,12,14H2. The van der Waals surface area contributed by atoms with E-state index in [0.717, 1.165) is 21.3 Å². The molecule has 188 valence electrons. The minimum atomic E-state index is -3.67. The fraction of sp³-hybridized carbons (Fsp3) is 0.318. The van der Waals surface area contributed by atoms with Gasteiger partial charge < -0.3 is 9.42 Å². The fourth-order valence-electron chi connectivity index (χ4n) is 3.88. The maximum Gasteiger partial charge on any atom is 0.244 e. The zero-order valence-electron chi connectivity index (χ0n) is 18.9. The normalized spacial score (nSPS) is 14.9. The molecule has 1 amide bonds. The Morgan fingerprint density at radius 1 is 1.19 bits per heavy atom. The summed E-state index contributed by atoms with van der Waals surface area (Å²) in [5.41, 5.74) is 0.425. The SMILES string of the molecule is O=C(Cn1cc(CNS(=O)(=O)c2ccc(I)cc2)nn1)N1CCC(c2nc(-c3cccs3)no2)CC1. The van der Waals surface area contributed by atoms with E-state index >= 15 is 0 Å². The highest BCUT2D eigenvalue weighted by Crippen LogP contribution is 2.29. The van der Waals surface area contributed by atoms with Crippen molar-refractivity contribution in [3.63, 3.8) is 0 Å². The van der Waals surface area contributed by atoms with Crippen molar-refractivity contribution < 1.29 is 17.7 Å². The van der Waals surface area contributed by atoms with Crippen molar-refractivity contribution in [1.29, 1.82) is 0 Å². The van der Waals surface area contributed by atoms with Gasteiger partial charge in [0.2, 0.25) is 27.6 Å². The summed E-state index contributed by atoms with van der Waals surface area (Å²) in [5, 5.41) is 14.0. The Hall–Kier alpha value is -2.69. The molecular weight excluding hydrogens is 617 g/mol. The first kappa shape index (κ1) is 25.0. The van der Waals surface area contributed by atoms with E-state index in [1.165, 1.54) is 4.68 Å². The average Bonchev–Trinajstić information content (AvgIpc) is 3.65. The van der Waals surface area contributed by atoms with Crippen LogP contribution in [0.3, 0.4) is 0 Å². The number of hydrogen-bond donors (Lipinski definition) is 1. The molecule has 11 nitrogen and oxygen atoms in total. The lowest BCUT2D eigenvalue weighted by Gasteiger charge is -2.30. The Balaban J connectivity index is 1.11. The topological polar surface area (TPSA) is 136 Å². The molecule has 1 N–H and O–H groups in total. The Kier molecular flexibility index (Phi) is 7.45. The van der Waals surface area contributed by atoms with Crippen LogP contribution in [0.1, 0.15) is 30.3 Å². The molecule has 1 aliphatic heterocycles. The monoisotopic (exact) mass is 639 g/mol. The molecule has 0 unspecified atom stereocenters. The number of hydrogen-bond acceptors (Lipinski definition) is 9. The van der Waals surface area contributed by atoms with Crippen LogP contribution in [0.15, 0.2) is 57.4 Å². The molecule has 3 aromatic heterocycles. The van der Waals surface area contributed by atoms with E-state index < -0.39 is 10.0 Å². The Morgan fingerprint density at radius 2 is 1.97 bits per heavy atom. The quantitative estimate of drug-likeness (QED) is 0.291. The van der Waals surface area contributed by atoms with Crippen LogP contribution in [-0.2, 0) is 27.9 Å². The Bertz CT molecular complexity index is 1430. The molecule has 36 heavy (non-hydrogen) atoms. The number of carbonyl (C=O) groups is 1. The van der Waals surface area contributed by atoms with E-state index in [4.69, 9.17) is 4.52 Å². The summed E-state index contributed by atoms with van der Waals surface area (Å²) < 4.78 is 35.3. The molecule has 4 heterocycles. The molecule has 0 radical (unpaired) electrons. The predicted octanol–water partition coefficient (Wildman–Crippen LogP) is 2.88. The van der Waals surface area contributed by atoms with Crippen LogP contribution >= 0.6 is 33.9 Å². The molecular formula is C22H22IN7O4S2. The lowest BCUT2D eigenvalue weighted by Crippen LogP contribution is -2.39. The molecule has 0 aliphatic carbocycles. The molecule has 0 atom stereocenters. The van der Waals surface area contributed by atoms with Crippen molar-refractivity contribution in [1.82, 2.24) is 34.8 Å². The van der Waals surface area contributed by atoms with Gasteiger partial charge in [0.05, 0.1) is 28.2 Å². The fourth-order valence-corrected chi connectivity index (χ4v) is 5.89. The number of nitrogens with zero attached hydrogens (tertiary/aromatic N) is 6. The number of likely N-dealkylation sites (tertiary alicyclic amines) is 1. The van der Waals surface area contributed by atoms with E-state index in [1.54, 1.807) is 46.7 Å². The molecule has 1 fully saturated rings. The largest absolute Gasteiger partial charge is 0.341 e. The molecule has 1 aliphatic rings. The van der Waals surface area contributed by atoms with Crippen LogP contribution < -0.4 is 4.72 Å². The van der Waals surface area contributed by atoms with Crippen molar-refractivity contribution in [3.8, 4) is 10.7 Å². The number of nitrogens with one attached hydrogen (secondary N) is 1. The third kappa shape index (κ3) is 5.82. The molecule has 14 heteroatoms. The second kappa shape index (κ2) is 10.7. The van der Waals surface area contributed by atoms with Gasteiger partial charge in [-0.3, -0.25) is 4.79 Å². The van der Waals surface area contributed by atoms with Gasteiger partial charge in [-0.15, -0.1) is 16.4 Å². The minimum Gasteiger partial charge on any atom is -0.341 e. The third-order valence-corrected chi connectivity index (χ3v) is 8.83. The van der Waals surface area contributed by atoms with Crippen LogP contribution in [0, 0.1) is 3.57 Å². The number of halogens is 1. The summed E-state index contributed by atoms with van der Waals surface area (Å²) in [6, 6.07) is 10.4. The molecule has 1 aromatic carbocycles. The third-order valence-electron chi connectivity index (χ3n) is 5.83. The number of amides is 1. The highest BCUT2D eigenvalue weighted by atomic mass is 127. The molecule has 0 bridgehead atoms. The molecule has 1 saturated heterocycles. The number of thiophene rings is 1. The lowest BCUT2D eigenvalue weighted by atomic mass is 9.97. The van der Waals surface area contributed by atoms with Gasteiger partial charge in [-0.1, -0.05) is 16.4 Å². The van der Waals surface area contributed by atoms with Crippen molar-refractivity contribution in [2.24, 2.45) is 0 Å². The second-order valence-corrected chi connectivity index (χ2v) is 12.2. The van der Waals surface area contributed by atoms with Gasteiger partial charge in [-0.05, 0) is 71.1 Å². The van der Waals surface area contributed by atoms with Crippen LogP contribution in [0.4, 0.5) is 0 Å². The van der Waals surface area contributed by atoms with Crippen molar-refractivity contribution in [3.05, 3.63) is 63.1 Å². The number of sulfonamides is 1. The summed E-state index contributed by atoms with van der Waals surface area (Å²) in [4.78, 5) is 20.2. The highest BCUT2D eigenvalue weighted by Gasteiger charge is 2.28. The Labute approximate surface area is 225 Å². The van der Waals surface area contributed by atoms with E-state index in [1.807, 2.05) is 17.5 Å². The minimum absolute atomic E-state index is 0.0223. The van der Waals surface area contributed by atoms with Crippen molar-refractivity contribution in [2.45, 2.75) is 36.7 Å². The smallest absolute Gasteiger partial charge is 0.244 e. The number of aromatic nitrogens is 5. The summed E-state index contributed by atoms with van der Waals surface area (Å²) in [6.07, 6.45) is 3.05. The zero-order valence-corrected chi connectivity index (χ0v) is 22.7. The number of carbonyl (C=O) groups excluding carboxylic acids is 1. The van der Waals surface area contributed by atoms with Gasteiger partial charge in [-0.2, -0.15) is 4.98 Å². The van der Waals surface area contributed by atoms with Crippen LogP contribution in [0.2, 0.25) is 0 Å². The lowest BCUT2D eigenvalue weighted by molar-refractivity contribution is -0.133. The molecule has 0 saturated carbocycles. The summed E-state index contributed by atoms with van der Waals surface area (Å²) >= 11 is 3.67. The van der Waals surface area contributed by atoms with Crippen molar-refractivity contribution >= 4 is 49.9 Å². The number of benzene rings is 1. The predicted molar refractivity (Wildman–Crippen MR) is 139 cm³/mol. The van der Waals surface area contributed by atoms with E-state index in [0.29, 0.717) is 30.5 Å². The van der Waals surface area contributed by atoms with Gasteiger partial charge in [0.25, 0.3) is 0 Å². The zero-order chi connectivity index (χ0) is 25.1. The average molecular weight is 640 g/mol. The summed E-state index contributed by atoms with van der Waals surface area (Å²) in [5.74, 6) is 1.25. The first-order valence-electron chi connectivity index (χ1n) is 11.2. The first-order chi connectivity index (χ1) is 17.4. The van der Waals surface area contributed by atoms with Gasteiger partial charge in [-0.25, -0.2) is 17.8 Å². The maximum atomic E-state index is 12.8.